The molecule has 1 aromatic carbocycles. The van der Waals surface area contributed by atoms with Gasteiger partial charge in [-0.15, -0.1) is 0 Å². The molecule has 0 aliphatic carbocycles. The lowest BCUT2D eigenvalue weighted by atomic mass is 10.3. The number of nitrogens with zero attached hydrogens (tertiary/aromatic N) is 4. The number of hydrogen-bond acceptors (Lipinski definition) is 5. The number of benzene rings is 1. The van der Waals surface area contributed by atoms with Gasteiger partial charge < -0.3 is 5.32 Å². The number of rotatable bonds is 4. The van der Waals surface area contributed by atoms with Crippen LogP contribution in [0.15, 0.2) is 52.8 Å². The Kier molecular flexibility index (Phi) is 5.03. The van der Waals surface area contributed by atoms with Crippen LogP contribution in [0.1, 0.15) is 10.5 Å². The molecule has 1 amide bonds. The summed E-state index contributed by atoms with van der Waals surface area (Å²) in [5, 5.41) is 8.21. The number of aryl methyl sites for hydroxylation is 1. The maximum absolute atomic E-state index is 12.2. The fourth-order valence-corrected chi connectivity index (χ4v) is 3.04. The van der Waals surface area contributed by atoms with Gasteiger partial charge in [0, 0.05) is 18.1 Å². The normalized spacial score (nSPS) is 10.6. The summed E-state index contributed by atoms with van der Waals surface area (Å²) in [6, 6.07) is 6.98. The molecular formula is C15H11Cl2N5OS. The first-order chi connectivity index (χ1) is 11.5. The van der Waals surface area contributed by atoms with Crippen LogP contribution in [-0.2, 0) is 7.05 Å². The molecule has 0 bridgehead atoms. The molecule has 0 saturated carbocycles. The Labute approximate surface area is 152 Å². The second-order valence-electron chi connectivity index (χ2n) is 4.73. The third-order valence-corrected chi connectivity index (χ3v) is 4.66. The summed E-state index contributed by atoms with van der Waals surface area (Å²) in [4.78, 5) is 21.1. The van der Waals surface area contributed by atoms with Crippen molar-refractivity contribution in [2.24, 2.45) is 7.05 Å². The van der Waals surface area contributed by atoms with Gasteiger partial charge in [-0.05, 0) is 18.2 Å². The van der Waals surface area contributed by atoms with E-state index in [4.69, 9.17) is 23.2 Å². The molecule has 0 spiro atoms. The van der Waals surface area contributed by atoms with Crippen LogP contribution in [0.3, 0.4) is 0 Å². The van der Waals surface area contributed by atoms with Crippen LogP contribution in [-0.4, -0.2) is 25.7 Å². The maximum atomic E-state index is 12.2. The lowest BCUT2D eigenvalue weighted by Gasteiger charge is -2.09. The van der Waals surface area contributed by atoms with E-state index < -0.39 is 0 Å². The number of hydrogen-bond donors (Lipinski definition) is 1. The molecule has 0 unspecified atom stereocenters. The number of carbonyl (C=O) groups is 1. The molecule has 0 saturated heterocycles. The van der Waals surface area contributed by atoms with Gasteiger partial charge in [0.1, 0.15) is 10.2 Å². The van der Waals surface area contributed by atoms with Gasteiger partial charge in [-0.1, -0.05) is 41.0 Å². The van der Waals surface area contributed by atoms with Crippen molar-refractivity contribution < 1.29 is 4.79 Å². The molecule has 0 fully saturated rings. The quantitative estimate of drug-likeness (QED) is 0.743. The van der Waals surface area contributed by atoms with Crippen molar-refractivity contribution in [3.8, 4) is 0 Å². The highest BCUT2D eigenvalue weighted by molar-refractivity contribution is 7.99. The molecule has 2 aromatic heterocycles. The second kappa shape index (κ2) is 7.21. The van der Waals surface area contributed by atoms with E-state index in [0.717, 1.165) is 4.90 Å². The molecule has 3 rings (SSSR count). The summed E-state index contributed by atoms with van der Waals surface area (Å²) in [5.41, 5.74) is 0.814. The number of aromatic nitrogens is 4. The highest BCUT2D eigenvalue weighted by Gasteiger charge is 2.14. The Morgan fingerprint density at radius 3 is 2.71 bits per heavy atom. The van der Waals surface area contributed by atoms with E-state index in [1.54, 1.807) is 42.3 Å². The minimum atomic E-state index is -0.328. The van der Waals surface area contributed by atoms with E-state index in [-0.39, 0.29) is 5.91 Å². The summed E-state index contributed by atoms with van der Waals surface area (Å²) in [7, 11) is 1.74. The van der Waals surface area contributed by atoms with Gasteiger partial charge in [0.2, 0.25) is 0 Å². The van der Waals surface area contributed by atoms with E-state index in [1.165, 1.54) is 18.0 Å². The summed E-state index contributed by atoms with van der Waals surface area (Å²) < 4.78 is 1.56. The van der Waals surface area contributed by atoms with E-state index in [9.17, 15) is 4.79 Å². The van der Waals surface area contributed by atoms with Crippen LogP contribution in [0.2, 0.25) is 10.2 Å². The van der Waals surface area contributed by atoms with Gasteiger partial charge in [0.25, 0.3) is 5.91 Å². The Balaban J connectivity index is 1.80. The van der Waals surface area contributed by atoms with Gasteiger partial charge in [0.15, 0.2) is 5.69 Å². The molecule has 0 aliphatic rings. The zero-order chi connectivity index (χ0) is 17.1. The molecule has 9 heteroatoms. The number of amides is 1. The monoisotopic (exact) mass is 379 g/mol. The summed E-state index contributed by atoms with van der Waals surface area (Å²) in [6.07, 6.45) is 4.72. The highest BCUT2D eigenvalue weighted by atomic mass is 35.5. The summed E-state index contributed by atoms with van der Waals surface area (Å²) >= 11 is 13.4. The lowest BCUT2D eigenvalue weighted by molar-refractivity contribution is 0.102. The molecule has 0 radical (unpaired) electrons. The Morgan fingerprint density at radius 1 is 1.21 bits per heavy atom. The Hall–Kier alpha value is -2.09. The molecule has 0 aliphatic heterocycles. The van der Waals surface area contributed by atoms with Crippen molar-refractivity contribution in [2.45, 2.75) is 9.92 Å². The molecule has 2 heterocycles. The number of halogens is 2. The molecule has 6 nitrogen and oxygen atoms in total. The first kappa shape index (κ1) is 16.8. The second-order valence-corrected chi connectivity index (χ2v) is 6.55. The van der Waals surface area contributed by atoms with E-state index >= 15 is 0 Å². The zero-order valence-corrected chi connectivity index (χ0v) is 14.7. The smallest absolute Gasteiger partial charge is 0.276 e. The zero-order valence-electron chi connectivity index (χ0n) is 12.4. The Bertz CT molecular complexity index is 882. The number of carbonyl (C=O) groups excluding carboxylic acids is 1. The fourth-order valence-electron chi connectivity index (χ4n) is 1.87. The molecule has 3 aromatic rings. The molecule has 24 heavy (non-hydrogen) atoms. The van der Waals surface area contributed by atoms with Gasteiger partial charge in [0.05, 0.1) is 23.1 Å². The van der Waals surface area contributed by atoms with E-state index in [1.807, 2.05) is 6.07 Å². The maximum Gasteiger partial charge on any atom is 0.276 e. The first-order valence-corrected chi connectivity index (χ1v) is 8.35. The number of anilines is 1. The van der Waals surface area contributed by atoms with Gasteiger partial charge in [-0.3, -0.25) is 9.48 Å². The fraction of sp³-hybridized carbons (Fsp3) is 0.0667. The third-order valence-electron chi connectivity index (χ3n) is 2.97. The van der Waals surface area contributed by atoms with Crippen LogP contribution in [0.25, 0.3) is 0 Å². The van der Waals surface area contributed by atoms with Gasteiger partial charge in [-0.25, -0.2) is 9.97 Å². The summed E-state index contributed by atoms with van der Waals surface area (Å²) in [5.74, 6) is -0.328. The Morgan fingerprint density at radius 2 is 2.04 bits per heavy atom. The average molecular weight is 380 g/mol. The lowest BCUT2D eigenvalue weighted by Crippen LogP contribution is -2.13. The van der Waals surface area contributed by atoms with Crippen molar-refractivity contribution in [1.82, 2.24) is 19.7 Å². The predicted octanol–water partition coefficient (Wildman–Crippen LogP) is 3.92. The predicted molar refractivity (Wildman–Crippen MR) is 93.8 cm³/mol. The third kappa shape index (κ3) is 3.87. The topological polar surface area (TPSA) is 72.7 Å². The molecule has 1 N–H and O–H groups in total. The average Bonchev–Trinajstić information content (AvgIpc) is 3.00. The van der Waals surface area contributed by atoms with Gasteiger partial charge in [-0.2, -0.15) is 5.10 Å². The minimum Gasteiger partial charge on any atom is -0.319 e. The van der Waals surface area contributed by atoms with Crippen LogP contribution in [0.5, 0.6) is 0 Å². The standard InChI is InChI=1S/C15H11Cl2N5OS/c1-22-6-5-10(21-22)15(23)20-9-3-2-4-11(14(9)17)24-13-8-18-12(16)7-19-13/h2-8H,1H3,(H,20,23). The number of nitrogens with one attached hydrogen (secondary N) is 1. The molecule has 0 atom stereocenters. The van der Waals surface area contributed by atoms with Crippen molar-refractivity contribution in [3.63, 3.8) is 0 Å². The first-order valence-electron chi connectivity index (χ1n) is 6.78. The van der Waals surface area contributed by atoms with E-state index in [2.05, 4.69) is 20.4 Å². The van der Waals surface area contributed by atoms with Crippen LogP contribution < -0.4 is 5.32 Å². The molecule has 122 valence electrons. The van der Waals surface area contributed by atoms with Crippen molar-refractivity contribution >= 4 is 46.6 Å². The van der Waals surface area contributed by atoms with Crippen LogP contribution in [0.4, 0.5) is 5.69 Å². The van der Waals surface area contributed by atoms with Crippen LogP contribution >= 0.6 is 35.0 Å². The SMILES string of the molecule is Cn1ccc(C(=O)Nc2cccc(Sc3cnc(Cl)cn3)c2Cl)n1. The van der Waals surface area contributed by atoms with Crippen LogP contribution in [0, 0.1) is 0 Å². The van der Waals surface area contributed by atoms with E-state index in [0.29, 0.717) is 26.6 Å². The van der Waals surface area contributed by atoms with Gasteiger partial charge >= 0.3 is 0 Å². The molecular weight excluding hydrogens is 369 g/mol. The highest BCUT2D eigenvalue weighted by Crippen LogP contribution is 2.36. The summed E-state index contributed by atoms with van der Waals surface area (Å²) in [6.45, 7) is 0. The van der Waals surface area contributed by atoms with Crippen molar-refractivity contribution in [2.75, 3.05) is 5.32 Å². The van der Waals surface area contributed by atoms with Crippen molar-refractivity contribution in [3.05, 3.63) is 58.7 Å². The largest absolute Gasteiger partial charge is 0.319 e. The van der Waals surface area contributed by atoms with Crippen molar-refractivity contribution in [1.29, 1.82) is 0 Å². The minimum absolute atomic E-state index is 0.315.